The minimum absolute atomic E-state index is 0.607. The molecule has 0 amide bonds. The summed E-state index contributed by atoms with van der Waals surface area (Å²) < 4.78 is 4.95. The third-order valence-corrected chi connectivity index (χ3v) is 1.09. The highest BCUT2D eigenvalue weighted by Crippen LogP contribution is 1.95. The zero-order chi connectivity index (χ0) is 8.53. The highest BCUT2D eigenvalue weighted by Gasteiger charge is 1.90. The molecule has 0 fully saturated rings. The summed E-state index contributed by atoms with van der Waals surface area (Å²) in [6.07, 6.45) is 9.18. The van der Waals surface area contributed by atoms with E-state index >= 15 is 0 Å². The van der Waals surface area contributed by atoms with Crippen LogP contribution < -0.4 is 0 Å². The molecule has 0 aliphatic carbocycles. The van der Waals surface area contributed by atoms with Crippen molar-refractivity contribution in [2.75, 3.05) is 7.11 Å². The van der Waals surface area contributed by atoms with Crippen molar-refractivity contribution in [1.82, 2.24) is 0 Å². The Morgan fingerprint density at radius 1 is 1.36 bits per heavy atom. The first-order valence-corrected chi connectivity index (χ1v) is 3.44. The van der Waals surface area contributed by atoms with E-state index in [4.69, 9.17) is 4.65 Å². The maximum atomic E-state index is 4.95. The van der Waals surface area contributed by atoms with Crippen LogP contribution in [0.5, 0.6) is 0 Å². The monoisotopic (exact) mass is 148 g/mol. The van der Waals surface area contributed by atoms with E-state index in [0.717, 1.165) is 5.47 Å². The maximum absolute atomic E-state index is 4.95. The molecule has 0 aliphatic rings. The molecular weight excluding hydrogens is 135 g/mol. The van der Waals surface area contributed by atoms with Crippen LogP contribution in [0.3, 0.4) is 0 Å². The number of hydrogen-bond acceptors (Lipinski definition) is 1. The van der Waals surface area contributed by atoms with Crippen molar-refractivity contribution in [3.8, 4) is 0 Å². The van der Waals surface area contributed by atoms with Crippen LogP contribution in [0.15, 0.2) is 49.0 Å². The molecule has 0 aromatic carbocycles. The Morgan fingerprint density at radius 3 is 2.55 bits per heavy atom. The van der Waals surface area contributed by atoms with E-state index in [1.807, 2.05) is 18.2 Å². The molecule has 11 heavy (non-hydrogen) atoms. The second-order valence-corrected chi connectivity index (χ2v) is 2.01. The average Bonchev–Trinajstić information content (AvgIpc) is 2.01. The lowest BCUT2D eigenvalue weighted by Crippen LogP contribution is -1.95. The van der Waals surface area contributed by atoms with E-state index in [2.05, 4.69) is 13.2 Å². The number of allylic oxidation sites excluding steroid dienone is 6. The Labute approximate surface area is 69.0 Å². The average molecular weight is 148 g/mol. The minimum Gasteiger partial charge on any atom is -0.437 e. The molecule has 0 N–H and O–H groups in total. The van der Waals surface area contributed by atoms with Gasteiger partial charge in [-0.05, 0) is 0 Å². The molecule has 0 radical (unpaired) electrons. The van der Waals surface area contributed by atoms with Crippen LogP contribution in [0.25, 0.3) is 0 Å². The van der Waals surface area contributed by atoms with Gasteiger partial charge in [0.25, 0.3) is 0 Å². The van der Waals surface area contributed by atoms with Crippen LogP contribution in [0.2, 0.25) is 0 Å². The Bertz CT molecular complexity index is 180. The Balaban J connectivity index is 4.09. The molecule has 58 valence electrons. The van der Waals surface area contributed by atoms with Gasteiger partial charge in [0.15, 0.2) is 0 Å². The summed E-state index contributed by atoms with van der Waals surface area (Å²) in [5.74, 6) is 0. The molecule has 0 atom stereocenters. The molecule has 0 aromatic heterocycles. The fraction of sp³-hybridized carbons (Fsp3) is 0.111. The molecule has 0 aliphatic heterocycles. The van der Waals surface area contributed by atoms with Gasteiger partial charge in [0.05, 0.1) is 0 Å². The van der Waals surface area contributed by atoms with Crippen molar-refractivity contribution in [3.05, 3.63) is 49.0 Å². The summed E-state index contributed by atoms with van der Waals surface area (Å²) in [5.41, 5.74) is 1.09. The largest absolute Gasteiger partial charge is 0.437 e. The van der Waals surface area contributed by atoms with Gasteiger partial charge in [0.2, 0.25) is 0 Å². The molecule has 0 unspecified atom stereocenters. The predicted molar refractivity (Wildman–Crippen MR) is 51.8 cm³/mol. The van der Waals surface area contributed by atoms with E-state index < -0.39 is 0 Å². The quantitative estimate of drug-likeness (QED) is 0.426. The fourth-order valence-corrected chi connectivity index (χ4v) is 0.661. The van der Waals surface area contributed by atoms with E-state index in [0.29, 0.717) is 7.48 Å². The van der Waals surface area contributed by atoms with Gasteiger partial charge in [-0.2, -0.15) is 0 Å². The summed E-state index contributed by atoms with van der Waals surface area (Å²) in [4.78, 5) is 0. The summed E-state index contributed by atoms with van der Waals surface area (Å²) in [6, 6.07) is 0. The molecule has 0 rings (SSSR count). The van der Waals surface area contributed by atoms with Gasteiger partial charge in [-0.15, -0.1) is 0 Å². The van der Waals surface area contributed by atoms with Gasteiger partial charge in [-0.1, -0.05) is 49.0 Å². The molecule has 0 bridgehead atoms. The first-order valence-electron chi connectivity index (χ1n) is 3.44. The zero-order valence-electron chi connectivity index (χ0n) is 6.92. The van der Waals surface area contributed by atoms with Gasteiger partial charge < -0.3 is 4.65 Å². The first kappa shape index (κ1) is 9.98. The van der Waals surface area contributed by atoms with Crippen molar-refractivity contribution in [1.29, 1.82) is 0 Å². The van der Waals surface area contributed by atoms with E-state index in [9.17, 15) is 0 Å². The normalized spacial score (nSPS) is 11.5. The van der Waals surface area contributed by atoms with Crippen LogP contribution >= 0.6 is 0 Å². The topological polar surface area (TPSA) is 9.23 Å². The Hall–Kier alpha value is -1.02. The lowest BCUT2D eigenvalue weighted by Gasteiger charge is -1.94. The van der Waals surface area contributed by atoms with Gasteiger partial charge in [0, 0.05) is 7.11 Å². The minimum atomic E-state index is 0.607. The lowest BCUT2D eigenvalue weighted by molar-refractivity contribution is 0.448. The van der Waals surface area contributed by atoms with Gasteiger partial charge in [-0.3, -0.25) is 0 Å². The third-order valence-electron chi connectivity index (χ3n) is 1.09. The maximum Gasteiger partial charge on any atom is 0.308 e. The summed E-state index contributed by atoms with van der Waals surface area (Å²) in [7, 11) is 2.27. The Kier molecular flexibility index (Phi) is 6.44. The predicted octanol–water partition coefficient (Wildman–Crippen LogP) is 1.80. The SMILES string of the molecule is C=C/C=C\C(BOC)=C/C=C. The summed E-state index contributed by atoms with van der Waals surface area (Å²) in [5, 5.41) is 0. The van der Waals surface area contributed by atoms with Crippen molar-refractivity contribution in [3.63, 3.8) is 0 Å². The van der Waals surface area contributed by atoms with E-state index in [1.54, 1.807) is 19.3 Å². The second-order valence-electron chi connectivity index (χ2n) is 2.01. The molecule has 0 saturated heterocycles. The molecule has 0 aromatic rings. The molecule has 1 nitrogen and oxygen atoms in total. The highest BCUT2D eigenvalue weighted by atomic mass is 16.4. The van der Waals surface area contributed by atoms with E-state index in [-0.39, 0.29) is 0 Å². The molecule has 0 saturated carbocycles. The number of rotatable bonds is 5. The first-order chi connectivity index (χ1) is 5.35. The van der Waals surface area contributed by atoms with Crippen molar-refractivity contribution < 1.29 is 4.65 Å². The van der Waals surface area contributed by atoms with Crippen molar-refractivity contribution in [2.45, 2.75) is 0 Å². The van der Waals surface area contributed by atoms with Crippen LogP contribution in [0.4, 0.5) is 0 Å². The lowest BCUT2D eigenvalue weighted by atomic mass is 9.86. The third kappa shape index (κ3) is 5.43. The van der Waals surface area contributed by atoms with Crippen molar-refractivity contribution in [2.24, 2.45) is 0 Å². The molecule has 2 heteroatoms. The molecule has 0 spiro atoms. The van der Waals surface area contributed by atoms with Crippen molar-refractivity contribution >= 4 is 7.48 Å². The summed E-state index contributed by atoms with van der Waals surface area (Å²) >= 11 is 0. The number of hydrogen-bond donors (Lipinski definition) is 0. The molecular formula is C9H13BO. The summed E-state index contributed by atoms with van der Waals surface area (Å²) in [6.45, 7) is 7.17. The van der Waals surface area contributed by atoms with Gasteiger partial charge in [0.1, 0.15) is 0 Å². The zero-order valence-corrected chi connectivity index (χ0v) is 6.92. The van der Waals surface area contributed by atoms with Crippen LogP contribution in [-0.4, -0.2) is 14.6 Å². The van der Waals surface area contributed by atoms with Crippen LogP contribution in [0, 0.1) is 0 Å². The second kappa shape index (κ2) is 7.10. The standard InChI is InChI=1S/C9H13BO/c1-4-6-8-9(7-5-2)10-11-3/h4-8,10H,1-2H2,3H3/b8-6-,9-7+. The van der Waals surface area contributed by atoms with Crippen LogP contribution in [-0.2, 0) is 4.65 Å². The smallest absolute Gasteiger partial charge is 0.308 e. The highest BCUT2D eigenvalue weighted by molar-refractivity contribution is 6.39. The van der Waals surface area contributed by atoms with Gasteiger partial charge in [-0.25, -0.2) is 0 Å². The Morgan fingerprint density at radius 2 is 2.09 bits per heavy atom. The van der Waals surface area contributed by atoms with E-state index in [1.165, 1.54) is 0 Å². The van der Waals surface area contributed by atoms with Gasteiger partial charge >= 0.3 is 7.48 Å². The molecule has 0 heterocycles. The fourth-order valence-electron chi connectivity index (χ4n) is 0.661. The van der Waals surface area contributed by atoms with Crippen LogP contribution in [0.1, 0.15) is 0 Å².